The number of rotatable bonds is 19. The number of aromatic nitrogens is 2. The van der Waals surface area contributed by atoms with Gasteiger partial charge in [0.25, 0.3) is 17.0 Å². The average Bonchev–Trinajstić information content (AvgIpc) is 3.21. The summed E-state index contributed by atoms with van der Waals surface area (Å²) in [6.45, 7) is 4.05. The number of nitrogens with one attached hydrogen (secondary N) is 2. The normalized spacial score (nSPS) is 19.4. The van der Waals surface area contributed by atoms with Gasteiger partial charge in [0.05, 0.1) is 63.3 Å². The lowest BCUT2D eigenvalue weighted by molar-refractivity contribution is -0.131. The van der Waals surface area contributed by atoms with Gasteiger partial charge in [-0.3, -0.25) is 24.2 Å². The molecule has 6 N–H and O–H groups in total. The van der Waals surface area contributed by atoms with Crippen LogP contribution in [0.15, 0.2) is 54.2 Å². The van der Waals surface area contributed by atoms with Crippen molar-refractivity contribution in [3.63, 3.8) is 0 Å². The van der Waals surface area contributed by atoms with Crippen molar-refractivity contribution in [3.8, 4) is 12.3 Å². The SMILES string of the molecule is C#CCn1c(=O)c(Br)c(Br)c(=O)n1Cc1ccc(N(N)/C2=C(\N)C(F)(C(=O)NCCOCCOCCOCCNC=O)CCCCC2)cc1.CC1(F)CCCCCCC1. The monoisotopic (exact) mass is 957 g/mol. The second-order valence-electron chi connectivity index (χ2n) is 14.7. The molecule has 2 aliphatic carbocycles. The van der Waals surface area contributed by atoms with Crippen LogP contribution in [0.4, 0.5) is 14.5 Å². The highest BCUT2D eigenvalue weighted by Crippen LogP contribution is 2.35. The summed E-state index contributed by atoms with van der Waals surface area (Å²) in [6, 6.07) is 6.79. The quantitative estimate of drug-likeness (QED) is 0.0485. The Kier molecular flexibility index (Phi) is 21.8. The lowest BCUT2D eigenvalue weighted by Crippen LogP contribution is -2.50. The molecular formula is C41H59Br2F2N7O7. The number of carbonyl (C=O) groups is 2. The van der Waals surface area contributed by atoms with Crippen molar-refractivity contribution in [2.75, 3.05) is 57.7 Å². The van der Waals surface area contributed by atoms with E-state index in [1.807, 2.05) is 0 Å². The number of nitrogens with two attached hydrogens (primary N) is 2. The van der Waals surface area contributed by atoms with Crippen LogP contribution in [-0.4, -0.2) is 85.7 Å². The number of hydrogen-bond donors (Lipinski definition) is 4. The smallest absolute Gasteiger partial charge is 0.281 e. The third-order valence-electron chi connectivity index (χ3n) is 10.1. The molecule has 59 heavy (non-hydrogen) atoms. The number of hydrazine groups is 1. The number of ether oxygens (including phenoxy) is 3. The van der Waals surface area contributed by atoms with Gasteiger partial charge >= 0.3 is 0 Å². The van der Waals surface area contributed by atoms with Gasteiger partial charge in [-0.2, -0.15) is 0 Å². The van der Waals surface area contributed by atoms with Gasteiger partial charge in [-0.1, -0.05) is 56.6 Å². The summed E-state index contributed by atoms with van der Waals surface area (Å²) in [7, 11) is 0. The fourth-order valence-corrected chi connectivity index (χ4v) is 7.45. The first kappa shape index (κ1) is 49.8. The van der Waals surface area contributed by atoms with E-state index in [-0.39, 0.29) is 53.9 Å². The number of carbonyl (C=O) groups excluding carboxylic acids is 2. The number of halogens is 4. The fourth-order valence-electron chi connectivity index (χ4n) is 6.70. The maximum atomic E-state index is 16.5. The zero-order valence-electron chi connectivity index (χ0n) is 33.9. The van der Waals surface area contributed by atoms with Crippen molar-refractivity contribution in [2.45, 2.75) is 108 Å². The van der Waals surface area contributed by atoms with Crippen molar-refractivity contribution in [1.82, 2.24) is 20.0 Å². The Balaban J connectivity index is 0.000000809. The second kappa shape index (κ2) is 25.9. The molecule has 1 aromatic heterocycles. The standard InChI is InChI=1S/C32H42Br2FN7O7.C9H17F/c1-2-14-40-29(44)26(33)27(34)30(45)41(40)21-23-7-9-24(10-8-23)42(37)25-6-4-3-5-11-32(35,28(25)36)31(46)39-13-16-48-18-20-49-19-17-47-15-12-38-22-43;1-9(10)7-5-3-2-4-6-8-9/h1,7-10,22H,3-6,11-21,36-37H2,(H,38,43)(H,39,46);2-8H2,1H3/b28-25-;. The number of alkyl halides is 2. The summed E-state index contributed by atoms with van der Waals surface area (Å²) in [5.41, 5.74) is 3.35. The van der Waals surface area contributed by atoms with Gasteiger partial charge in [-0.05, 0) is 95.0 Å². The van der Waals surface area contributed by atoms with E-state index >= 15 is 4.39 Å². The largest absolute Gasteiger partial charge is 0.398 e. The molecule has 1 fully saturated rings. The first-order chi connectivity index (χ1) is 28.3. The summed E-state index contributed by atoms with van der Waals surface area (Å²) in [5, 5.41) is 6.36. The van der Waals surface area contributed by atoms with E-state index < -0.39 is 28.4 Å². The van der Waals surface area contributed by atoms with Crippen molar-refractivity contribution < 1.29 is 32.6 Å². The van der Waals surface area contributed by atoms with E-state index in [2.05, 4.69) is 48.4 Å². The summed E-state index contributed by atoms with van der Waals surface area (Å²) in [6.07, 6.45) is 15.7. The van der Waals surface area contributed by atoms with Crippen LogP contribution in [0.5, 0.6) is 0 Å². The predicted octanol–water partition coefficient (Wildman–Crippen LogP) is 5.11. The van der Waals surface area contributed by atoms with E-state index in [4.69, 9.17) is 32.2 Å². The van der Waals surface area contributed by atoms with E-state index in [1.165, 1.54) is 33.6 Å². The number of benzene rings is 1. The number of anilines is 1. The molecule has 1 aromatic carbocycles. The molecule has 2 aliphatic rings. The Hall–Kier alpha value is -3.60. The maximum absolute atomic E-state index is 16.5. The molecule has 14 nitrogen and oxygen atoms in total. The number of allylic oxidation sites excluding steroid dienone is 1. The van der Waals surface area contributed by atoms with Crippen molar-refractivity contribution in [1.29, 1.82) is 0 Å². The predicted molar refractivity (Wildman–Crippen MR) is 231 cm³/mol. The summed E-state index contributed by atoms with van der Waals surface area (Å²) >= 11 is 6.30. The topological polar surface area (TPSA) is 185 Å². The van der Waals surface area contributed by atoms with Crippen LogP contribution in [0.2, 0.25) is 0 Å². The molecule has 18 heteroatoms. The first-order valence-corrected chi connectivity index (χ1v) is 21.7. The van der Waals surface area contributed by atoms with E-state index in [0.29, 0.717) is 82.0 Å². The highest BCUT2D eigenvalue weighted by atomic mass is 79.9. The molecule has 0 spiro atoms. The third-order valence-corrected chi connectivity index (χ3v) is 12.1. The molecule has 0 aliphatic heterocycles. The number of terminal acetylenes is 1. The van der Waals surface area contributed by atoms with Gasteiger partial charge < -0.3 is 30.6 Å². The van der Waals surface area contributed by atoms with Crippen LogP contribution in [-0.2, 0) is 36.9 Å². The van der Waals surface area contributed by atoms with Gasteiger partial charge in [0.15, 0.2) is 0 Å². The minimum absolute atomic E-state index is 0.0408. The van der Waals surface area contributed by atoms with E-state index in [9.17, 15) is 23.6 Å². The molecule has 2 amide bonds. The maximum Gasteiger partial charge on any atom is 0.281 e. The van der Waals surface area contributed by atoms with Gasteiger partial charge in [0.2, 0.25) is 12.1 Å². The Bertz CT molecular complexity index is 1830. The van der Waals surface area contributed by atoms with Crippen molar-refractivity contribution in [2.24, 2.45) is 11.6 Å². The summed E-state index contributed by atoms with van der Waals surface area (Å²) in [4.78, 5) is 49.0. The molecule has 0 bridgehead atoms. The number of nitrogens with zero attached hydrogens (tertiary/aromatic N) is 3. The zero-order chi connectivity index (χ0) is 43.3. The molecule has 1 heterocycles. The summed E-state index contributed by atoms with van der Waals surface area (Å²) < 4.78 is 48.5. The van der Waals surface area contributed by atoms with Crippen LogP contribution in [0, 0.1) is 12.3 Å². The van der Waals surface area contributed by atoms with E-state index in [1.54, 1.807) is 31.2 Å². The molecule has 0 saturated heterocycles. The lowest BCUT2D eigenvalue weighted by Gasteiger charge is -2.32. The highest BCUT2D eigenvalue weighted by molar-refractivity contribution is 9.13. The Morgan fingerprint density at radius 3 is 1.98 bits per heavy atom. The van der Waals surface area contributed by atoms with Gasteiger partial charge in [-0.25, -0.2) is 24.0 Å². The molecule has 0 radical (unpaired) electrons. The average molecular weight is 960 g/mol. The van der Waals surface area contributed by atoms with Crippen molar-refractivity contribution >= 4 is 49.9 Å². The first-order valence-electron chi connectivity index (χ1n) is 20.1. The Morgan fingerprint density at radius 1 is 0.864 bits per heavy atom. The molecule has 328 valence electrons. The minimum Gasteiger partial charge on any atom is -0.398 e. The molecule has 2 aromatic rings. The van der Waals surface area contributed by atoms with Crippen LogP contribution < -0.4 is 38.3 Å². The second-order valence-corrected chi connectivity index (χ2v) is 16.2. The van der Waals surface area contributed by atoms with Crippen LogP contribution in [0.3, 0.4) is 0 Å². The Labute approximate surface area is 361 Å². The third kappa shape index (κ3) is 15.7. The lowest BCUT2D eigenvalue weighted by atomic mass is 9.88. The molecule has 1 saturated carbocycles. The van der Waals surface area contributed by atoms with Crippen LogP contribution >= 0.6 is 31.9 Å². The summed E-state index contributed by atoms with van der Waals surface area (Å²) in [5.74, 6) is 8.01. The van der Waals surface area contributed by atoms with Crippen LogP contribution in [0.25, 0.3) is 0 Å². The highest BCUT2D eigenvalue weighted by Gasteiger charge is 2.44. The fraction of sp³-hybridized carbons (Fsp3) is 0.610. The molecular weight excluding hydrogens is 900 g/mol. The molecule has 4 rings (SSSR count). The van der Waals surface area contributed by atoms with Crippen LogP contribution in [0.1, 0.15) is 89.5 Å². The Morgan fingerprint density at radius 2 is 1.39 bits per heavy atom. The van der Waals surface area contributed by atoms with Gasteiger partial charge in [-0.15, -0.1) is 6.42 Å². The zero-order valence-corrected chi connectivity index (χ0v) is 37.1. The van der Waals surface area contributed by atoms with Gasteiger partial charge in [0, 0.05) is 13.1 Å². The molecule has 1 atom stereocenters. The number of amides is 2. The van der Waals surface area contributed by atoms with E-state index in [0.717, 1.165) is 25.7 Å². The minimum atomic E-state index is -2.48. The molecule has 1 unspecified atom stereocenters. The number of hydrogen-bond acceptors (Lipinski definition) is 10. The van der Waals surface area contributed by atoms with Gasteiger partial charge in [0.1, 0.15) is 21.2 Å². The van der Waals surface area contributed by atoms with Crippen molar-refractivity contribution in [3.05, 3.63) is 70.9 Å².